The second kappa shape index (κ2) is 6.81. The van der Waals surface area contributed by atoms with E-state index in [9.17, 15) is 0 Å². The van der Waals surface area contributed by atoms with Crippen LogP contribution in [0.5, 0.6) is 0 Å². The molecule has 118 valence electrons. The summed E-state index contributed by atoms with van der Waals surface area (Å²) in [5.74, 6) is 7.20. The van der Waals surface area contributed by atoms with Gasteiger partial charge in [-0.1, -0.05) is 65.5 Å². The lowest BCUT2D eigenvalue weighted by Crippen LogP contribution is -1.84. The Morgan fingerprint density at radius 1 is 0.720 bits per heavy atom. The van der Waals surface area contributed by atoms with Crippen molar-refractivity contribution in [3.8, 4) is 34.7 Å². The molecule has 4 nitrogen and oxygen atoms in total. The minimum absolute atomic E-state index is 0.426. The van der Waals surface area contributed by atoms with Crippen LogP contribution in [0.1, 0.15) is 11.1 Å². The van der Waals surface area contributed by atoms with Gasteiger partial charge in [-0.25, -0.2) is 0 Å². The quantitative estimate of drug-likeness (QED) is 0.519. The number of nitrogens with zero attached hydrogens (tertiary/aromatic N) is 3. The Kier molecular flexibility index (Phi) is 4.05. The van der Waals surface area contributed by atoms with Crippen LogP contribution in [-0.2, 0) is 0 Å². The Morgan fingerprint density at radius 3 is 2.24 bits per heavy atom. The molecule has 0 N–H and O–H groups in total. The molecule has 0 bridgehead atoms. The number of aromatic nitrogens is 3. The van der Waals surface area contributed by atoms with Gasteiger partial charge in [0.1, 0.15) is 0 Å². The monoisotopic (exact) mass is 323 g/mol. The minimum Gasteiger partial charge on any atom is -0.334 e. The first-order valence-corrected chi connectivity index (χ1v) is 7.80. The number of hydrogen-bond acceptors (Lipinski definition) is 4. The topological polar surface area (TPSA) is 51.8 Å². The summed E-state index contributed by atoms with van der Waals surface area (Å²) in [5.41, 5.74) is 3.40. The maximum Gasteiger partial charge on any atom is 0.259 e. The van der Waals surface area contributed by atoms with Crippen molar-refractivity contribution in [1.82, 2.24) is 15.1 Å². The smallest absolute Gasteiger partial charge is 0.259 e. The Morgan fingerprint density at radius 2 is 1.44 bits per heavy atom. The van der Waals surface area contributed by atoms with Crippen LogP contribution in [0.4, 0.5) is 0 Å². The van der Waals surface area contributed by atoms with Gasteiger partial charge in [0.05, 0.1) is 5.56 Å². The highest BCUT2D eigenvalue weighted by atomic mass is 16.5. The van der Waals surface area contributed by atoms with E-state index in [1.54, 1.807) is 12.4 Å². The molecule has 0 radical (unpaired) electrons. The number of pyridine rings is 1. The molecule has 0 aliphatic carbocycles. The van der Waals surface area contributed by atoms with Gasteiger partial charge in [-0.2, -0.15) is 4.98 Å². The lowest BCUT2D eigenvalue weighted by atomic mass is 10.1. The van der Waals surface area contributed by atoms with Gasteiger partial charge in [0.2, 0.25) is 5.82 Å². The fourth-order valence-corrected chi connectivity index (χ4v) is 2.34. The van der Waals surface area contributed by atoms with E-state index in [0.29, 0.717) is 11.7 Å². The molecule has 0 aliphatic rings. The Labute approximate surface area is 145 Å². The molecular formula is C21H13N3O. The van der Waals surface area contributed by atoms with E-state index in [1.807, 2.05) is 66.7 Å². The van der Waals surface area contributed by atoms with Crippen LogP contribution in [0.3, 0.4) is 0 Å². The zero-order chi connectivity index (χ0) is 16.9. The first-order valence-electron chi connectivity index (χ1n) is 7.80. The van der Waals surface area contributed by atoms with Gasteiger partial charge in [0, 0.05) is 29.1 Å². The predicted molar refractivity (Wildman–Crippen MR) is 95.4 cm³/mol. The summed E-state index contributed by atoms with van der Waals surface area (Å²) < 4.78 is 5.37. The fraction of sp³-hybridized carbons (Fsp3) is 0. The largest absolute Gasteiger partial charge is 0.334 e. The zero-order valence-electron chi connectivity index (χ0n) is 13.3. The molecule has 0 fully saturated rings. The van der Waals surface area contributed by atoms with Crippen molar-refractivity contribution in [3.63, 3.8) is 0 Å². The van der Waals surface area contributed by atoms with Crippen LogP contribution in [0, 0.1) is 11.8 Å². The van der Waals surface area contributed by atoms with Crippen molar-refractivity contribution in [1.29, 1.82) is 0 Å². The molecule has 0 spiro atoms. The van der Waals surface area contributed by atoms with Gasteiger partial charge in [-0.15, -0.1) is 0 Å². The zero-order valence-corrected chi connectivity index (χ0v) is 13.3. The standard InChI is InChI=1S/C21H13N3O/c1-3-7-16(8-4-1)11-12-17-13-19(15-22-14-17)21-23-20(24-25-21)18-9-5-2-6-10-18/h1-10,13-15H. The van der Waals surface area contributed by atoms with E-state index in [4.69, 9.17) is 4.52 Å². The predicted octanol–water partition coefficient (Wildman–Crippen LogP) is 4.20. The van der Waals surface area contributed by atoms with E-state index in [2.05, 4.69) is 27.0 Å². The summed E-state index contributed by atoms with van der Waals surface area (Å²) in [6.07, 6.45) is 3.41. The molecule has 25 heavy (non-hydrogen) atoms. The van der Waals surface area contributed by atoms with Crippen LogP contribution in [0.15, 0.2) is 83.6 Å². The number of rotatable bonds is 2. The molecule has 4 heteroatoms. The summed E-state index contributed by atoms with van der Waals surface area (Å²) in [6.45, 7) is 0. The fourth-order valence-electron chi connectivity index (χ4n) is 2.34. The minimum atomic E-state index is 0.426. The molecule has 4 rings (SSSR count). The van der Waals surface area contributed by atoms with Gasteiger partial charge in [-0.3, -0.25) is 4.98 Å². The number of hydrogen-bond donors (Lipinski definition) is 0. The van der Waals surface area contributed by atoms with Gasteiger partial charge in [0.25, 0.3) is 5.89 Å². The first kappa shape index (κ1) is 14.9. The van der Waals surface area contributed by atoms with Gasteiger partial charge >= 0.3 is 0 Å². The Hall–Kier alpha value is -3.71. The van der Waals surface area contributed by atoms with E-state index in [0.717, 1.165) is 22.3 Å². The Balaban J connectivity index is 1.62. The average Bonchev–Trinajstić information content (AvgIpc) is 3.18. The normalized spacial score (nSPS) is 10.1. The SMILES string of the molecule is C(#Cc1cncc(-c2nc(-c3ccccc3)no2)c1)c1ccccc1. The highest BCUT2D eigenvalue weighted by Gasteiger charge is 2.10. The third-order valence-corrected chi connectivity index (χ3v) is 3.57. The molecule has 4 aromatic rings. The second-order valence-corrected chi connectivity index (χ2v) is 5.37. The molecule has 2 aromatic heterocycles. The molecule has 0 atom stereocenters. The highest BCUT2D eigenvalue weighted by molar-refractivity contribution is 5.60. The highest BCUT2D eigenvalue weighted by Crippen LogP contribution is 2.21. The van der Waals surface area contributed by atoms with E-state index >= 15 is 0 Å². The molecule has 2 aromatic carbocycles. The molecular weight excluding hydrogens is 310 g/mol. The maximum absolute atomic E-state index is 5.37. The summed E-state index contributed by atoms with van der Waals surface area (Å²) in [7, 11) is 0. The third kappa shape index (κ3) is 3.46. The van der Waals surface area contributed by atoms with E-state index in [1.165, 1.54) is 0 Å². The van der Waals surface area contributed by atoms with Crippen molar-refractivity contribution < 1.29 is 4.52 Å². The van der Waals surface area contributed by atoms with Crippen molar-refractivity contribution in [3.05, 3.63) is 90.3 Å². The lowest BCUT2D eigenvalue weighted by molar-refractivity contribution is 0.432. The van der Waals surface area contributed by atoms with Crippen molar-refractivity contribution in [2.75, 3.05) is 0 Å². The molecule has 2 heterocycles. The van der Waals surface area contributed by atoms with Gasteiger partial charge in [-0.05, 0) is 18.2 Å². The summed E-state index contributed by atoms with van der Waals surface area (Å²) >= 11 is 0. The van der Waals surface area contributed by atoms with Crippen molar-refractivity contribution >= 4 is 0 Å². The van der Waals surface area contributed by atoms with Gasteiger partial charge < -0.3 is 4.52 Å². The number of benzene rings is 2. The molecule has 0 saturated carbocycles. The average molecular weight is 323 g/mol. The molecule has 0 amide bonds. The maximum atomic E-state index is 5.37. The van der Waals surface area contributed by atoms with Crippen LogP contribution in [-0.4, -0.2) is 15.1 Å². The first-order chi connectivity index (χ1) is 12.4. The molecule has 0 unspecified atom stereocenters. The third-order valence-electron chi connectivity index (χ3n) is 3.57. The molecule has 0 saturated heterocycles. The van der Waals surface area contributed by atoms with Crippen LogP contribution >= 0.6 is 0 Å². The van der Waals surface area contributed by atoms with Crippen molar-refractivity contribution in [2.45, 2.75) is 0 Å². The van der Waals surface area contributed by atoms with Crippen LogP contribution in [0.2, 0.25) is 0 Å². The van der Waals surface area contributed by atoms with E-state index in [-0.39, 0.29) is 0 Å². The Bertz CT molecular complexity index is 1040. The molecule has 0 aliphatic heterocycles. The van der Waals surface area contributed by atoms with Crippen LogP contribution in [0.25, 0.3) is 22.8 Å². The van der Waals surface area contributed by atoms with Crippen molar-refractivity contribution in [2.24, 2.45) is 0 Å². The summed E-state index contributed by atoms with van der Waals surface area (Å²) in [4.78, 5) is 8.67. The second-order valence-electron chi connectivity index (χ2n) is 5.37. The van der Waals surface area contributed by atoms with Gasteiger partial charge in [0.15, 0.2) is 0 Å². The summed E-state index contributed by atoms with van der Waals surface area (Å²) in [6, 6.07) is 21.4. The van der Waals surface area contributed by atoms with E-state index < -0.39 is 0 Å². The van der Waals surface area contributed by atoms with Crippen LogP contribution < -0.4 is 0 Å². The summed E-state index contributed by atoms with van der Waals surface area (Å²) in [5, 5.41) is 4.04. The lowest BCUT2D eigenvalue weighted by Gasteiger charge is -1.95.